The second-order valence-corrected chi connectivity index (χ2v) is 5.63. The molecule has 1 rings (SSSR count). The Bertz CT molecular complexity index is 339. The van der Waals surface area contributed by atoms with Crippen LogP contribution in [0.1, 0.15) is 26.7 Å². The van der Waals surface area contributed by atoms with Crippen LogP contribution >= 0.6 is 12.4 Å². The molecule has 0 aromatic heterocycles. The SMILES string of the molecule is CNC1CCCN(C(=O)[C@@H](NC(=O)COC)C(C)C)C1.Cl. The Kier molecular flexibility index (Phi) is 9.57. The predicted molar refractivity (Wildman–Crippen MR) is 84.6 cm³/mol. The lowest BCUT2D eigenvalue weighted by Gasteiger charge is -2.36. The molecule has 21 heavy (non-hydrogen) atoms. The maximum absolute atomic E-state index is 12.6. The minimum Gasteiger partial charge on any atom is -0.375 e. The highest BCUT2D eigenvalue weighted by atomic mass is 35.5. The highest BCUT2D eigenvalue weighted by Gasteiger charge is 2.31. The van der Waals surface area contributed by atoms with E-state index in [9.17, 15) is 9.59 Å². The minimum atomic E-state index is -0.478. The number of nitrogens with zero attached hydrogens (tertiary/aromatic N) is 1. The van der Waals surface area contributed by atoms with Gasteiger partial charge in [-0.15, -0.1) is 12.4 Å². The van der Waals surface area contributed by atoms with Crippen molar-refractivity contribution in [1.29, 1.82) is 0 Å². The molecule has 2 N–H and O–H groups in total. The fourth-order valence-electron chi connectivity index (χ4n) is 2.47. The van der Waals surface area contributed by atoms with Crippen molar-refractivity contribution in [1.82, 2.24) is 15.5 Å². The number of rotatable bonds is 6. The number of piperidine rings is 1. The zero-order valence-electron chi connectivity index (χ0n) is 13.3. The number of methoxy groups -OCH3 is 1. The third kappa shape index (κ3) is 6.20. The van der Waals surface area contributed by atoms with E-state index in [4.69, 9.17) is 4.74 Å². The number of carbonyl (C=O) groups is 2. The number of likely N-dealkylation sites (tertiary alicyclic amines) is 1. The summed E-state index contributed by atoms with van der Waals surface area (Å²) in [5.41, 5.74) is 0. The van der Waals surface area contributed by atoms with Crippen LogP contribution in [0.3, 0.4) is 0 Å². The van der Waals surface area contributed by atoms with Crippen molar-refractivity contribution >= 4 is 24.2 Å². The molecule has 1 saturated heterocycles. The van der Waals surface area contributed by atoms with Gasteiger partial charge in [0.15, 0.2) is 0 Å². The first-order valence-corrected chi connectivity index (χ1v) is 7.24. The van der Waals surface area contributed by atoms with Crippen LogP contribution in [0.2, 0.25) is 0 Å². The van der Waals surface area contributed by atoms with E-state index in [1.54, 1.807) is 0 Å². The molecule has 2 amide bonds. The molecule has 6 nitrogen and oxygen atoms in total. The highest BCUT2D eigenvalue weighted by Crippen LogP contribution is 2.14. The van der Waals surface area contributed by atoms with Gasteiger partial charge >= 0.3 is 0 Å². The molecule has 1 fully saturated rings. The molecule has 1 unspecified atom stereocenters. The van der Waals surface area contributed by atoms with Gasteiger partial charge in [-0.2, -0.15) is 0 Å². The van der Waals surface area contributed by atoms with Crippen LogP contribution in [-0.2, 0) is 14.3 Å². The van der Waals surface area contributed by atoms with Crippen LogP contribution in [-0.4, -0.2) is 62.7 Å². The molecule has 0 spiro atoms. The van der Waals surface area contributed by atoms with Gasteiger partial charge in [0.05, 0.1) is 0 Å². The van der Waals surface area contributed by atoms with Gasteiger partial charge in [0.1, 0.15) is 12.6 Å². The minimum absolute atomic E-state index is 0. The third-order valence-corrected chi connectivity index (χ3v) is 3.67. The molecule has 2 atom stereocenters. The summed E-state index contributed by atoms with van der Waals surface area (Å²) in [5, 5.41) is 5.99. The van der Waals surface area contributed by atoms with Gasteiger partial charge in [0.25, 0.3) is 0 Å². The number of amides is 2. The van der Waals surface area contributed by atoms with E-state index >= 15 is 0 Å². The lowest BCUT2D eigenvalue weighted by Crippen LogP contribution is -2.56. The van der Waals surface area contributed by atoms with Crippen molar-refractivity contribution in [2.75, 3.05) is 33.9 Å². The van der Waals surface area contributed by atoms with Gasteiger partial charge in [-0.3, -0.25) is 9.59 Å². The zero-order chi connectivity index (χ0) is 15.1. The monoisotopic (exact) mass is 321 g/mol. The average Bonchev–Trinajstić information content (AvgIpc) is 2.44. The van der Waals surface area contributed by atoms with Crippen molar-refractivity contribution in [3.8, 4) is 0 Å². The van der Waals surface area contributed by atoms with Crippen molar-refractivity contribution in [2.24, 2.45) is 5.92 Å². The molecule has 7 heteroatoms. The van der Waals surface area contributed by atoms with Gasteiger partial charge in [-0.25, -0.2) is 0 Å². The topological polar surface area (TPSA) is 70.7 Å². The number of carbonyl (C=O) groups excluding carboxylic acids is 2. The van der Waals surface area contributed by atoms with Crippen LogP contribution < -0.4 is 10.6 Å². The number of hydrogen-bond acceptors (Lipinski definition) is 4. The lowest BCUT2D eigenvalue weighted by molar-refractivity contribution is -0.139. The fraction of sp³-hybridized carbons (Fsp3) is 0.857. The van der Waals surface area contributed by atoms with Crippen LogP contribution in [0, 0.1) is 5.92 Å². The number of nitrogens with one attached hydrogen (secondary N) is 2. The van der Waals surface area contributed by atoms with Gasteiger partial charge in [-0.1, -0.05) is 13.8 Å². The van der Waals surface area contributed by atoms with E-state index in [1.807, 2.05) is 25.8 Å². The van der Waals surface area contributed by atoms with Gasteiger partial charge in [0.2, 0.25) is 11.8 Å². The molecule has 0 bridgehead atoms. The summed E-state index contributed by atoms with van der Waals surface area (Å²) in [7, 11) is 3.38. The van der Waals surface area contributed by atoms with Crippen LogP contribution in [0.5, 0.6) is 0 Å². The number of likely N-dealkylation sites (N-methyl/N-ethyl adjacent to an activating group) is 1. The van der Waals surface area contributed by atoms with Crippen molar-refractivity contribution < 1.29 is 14.3 Å². The summed E-state index contributed by atoms with van der Waals surface area (Å²) in [6, 6.07) is -0.136. The van der Waals surface area contributed by atoms with E-state index in [2.05, 4.69) is 10.6 Å². The van der Waals surface area contributed by atoms with Crippen molar-refractivity contribution in [3.63, 3.8) is 0 Å². The molecular formula is C14H28ClN3O3. The molecule has 0 aromatic rings. The van der Waals surface area contributed by atoms with Crippen molar-refractivity contribution in [2.45, 2.75) is 38.8 Å². The zero-order valence-corrected chi connectivity index (χ0v) is 14.2. The number of hydrogen-bond donors (Lipinski definition) is 2. The Morgan fingerprint density at radius 2 is 2.05 bits per heavy atom. The Hall–Kier alpha value is -0.850. The van der Waals surface area contributed by atoms with E-state index in [1.165, 1.54) is 7.11 Å². The second kappa shape index (κ2) is 9.97. The van der Waals surface area contributed by atoms with E-state index in [0.717, 1.165) is 19.4 Å². The van der Waals surface area contributed by atoms with Gasteiger partial charge in [0, 0.05) is 26.2 Å². The first-order valence-electron chi connectivity index (χ1n) is 7.24. The Balaban J connectivity index is 0.00000400. The fourth-order valence-corrected chi connectivity index (χ4v) is 2.47. The van der Waals surface area contributed by atoms with Crippen LogP contribution in [0.4, 0.5) is 0 Å². The molecule has 0 aliphatic carbocycles. The van der Waals surface area contributed by atoms with Crippen LogP contribution in [0.25, 0.3) is 0 Å². The predicted octanol–water partition coefficient (Wildman–Crippen LogP) is 0.406. The van der Waals surface area contributed by atoms with E-state index in [0.29, 0.717) is 12.6 Å². The number of halogens is 1. The first kappa shape index (κ1) is 20.1. The summed E-state index contributed by atoms with van der Waals surface area (Å²) in [6.07, 6.45) is 2.08. The summed E-state index contributed by atoms with van der Waals surface area (Å²) < 4.78 is 4.80. The molecular weight excluding hydrogens is 294 g/mol. The summed E-state index contributed by atoms with van der Waals surface area (Å²) >= 11 is 0. The maximum Gasteiger partial charge on any atom is 0.246 e. The molecule has 0 aromatic carbocycles. The number of ether oxygens (including phenoxy) is 1. The third-order valence-electron chi connectivity index (χ3n) is 3.67. The molecule has 124 valence electrons. The normalized spacial score (nSPS) is 19.9. The second-order valence-electron chi connectivity index (χ2n) is 5.63. The smallest absolute Gasteiger partial charge is 0.246 e. The molecule has 0 saturated carbocycles. The molecule has 0 radical (unpaired) electrons. The Labute approximate surface area is 133 Å². The summed E-state index contributed by atoms with van der Waals surface area (Å²) in [6.45, 7) is 5.33. The van der Waals surface area contributed by atoms with Gasteiger partial charge in [-0.05, 0) is 25.8 Å². The van der Waals surface area contributed by atoms with Crippen molar-refractivity contribution in [3.05, 3.63) is 0 Å². The standard InChI is InChI=1S/C14H27N3O3.ClH/c1-10(2)13(16-12(18)9-20-4)14(19)17-7-5-6-11(8-17)15-3;/h10-11,13,15H,5-9H2,1-4H3,(H,16,18);1H/t11?,13-;/m0./s1. The quantitative estimate of drug-likeness (QED) is 0.743. The molecule has 1 aliphatic heterocycles. The largest absolute Gasteiger partial charge is 0.375 e. The molecule has 1 aliphatic rings. The summed E-state index contributed by atoms with van der Waals surface area (Å²) in [5.74, 6) is -0.190. The first-order chi connectivity index (χ1) is 9.49. The highest BCUT2D eigenvalue weighted by molar-refractivity contribution is 5.88. The maximum atomic E-state index is 12.6. The Morgan fingerprint density at radius 1 is 1.38 bits per heavy atom. The van der Waals surface area contributed by atoms with E-state index in [-0.39, 0.29) is 36.7 Å². The van der Waals surface area contributed by atoms with Crippen LogP contribution in [0.15, 0.2) is 0 Å². The molecule has 1 heterocycles. The Morgan fingerprint density at radius 3 is 2.57 bits per heavy atom. The average molecular weight is 322 g/mol. The van der Waals surface area contributed by atoms with E-state index < -0.39 is 6.04 Å². The summed E-state index contributed by atoms with van der Waals surface area (Å²) in [4.78, 5) is 26.1. The van der Waals surface area contributed by atoms with Gasteiger partial charge < -0.3 is 20.3 Å². The lowest BCUT2D eigenvalue weighted by atomic mass is 9.99.